The molecule has 1 fully saturated rings. The number of hydrogen-bond acceptors (Lipinski definition) is 8. The number of oxazole rings is 1. The number of carbonyl (C=O) groups is 1. The van der Waals surface area contributed by atoms with Crippen LogP contribution in [0.1, 0.15) is 65.3 Å². The van der Waals surface area contributed by atoms with E-state index >= 15 is 0 Å². The zero-order chi connectivity index (χ0) is 29.5. The molecule has 3 aromatic rings. The number of benzene rings is 1. The van der Waals surface area contributed by atoms with Gasteiger partial charge in [-0.1, -0.05) is 43.4 Å². The highest BCUT2D eigenvalue weighted by Gasteiger charge is 2.29. The lowest BCUT2D eigenvalue weighted by Gasteiger charge is -2.26. The number of carbonyl (C=O) groups excluding carboxylic acids is 1. The molecule has 1 aliphatic carbocycles. The monoisotopic (exact) mass is 582 g/mol. The SMILES string of the molecule is C=C.CN.Cc1nc2ccc(C=O)cc2o1.FC(F)(F)COc1nc2c(s1)CCN(CCC1CCCCC1)CC2. The van der Waals surface area contributed by atoms with Gasteiger partial charge in [0.05, 0.1) is 5.69 Å². The molecular formula is C29H41F3N4O3S. The van der Waals surface area contributed by atoms with Crippen LogP contribution in [0.15, 0.2) is 35.8 Å². The van der Waals surface area contributed by atoms with E-state index in [0.29, 0.717) is 17.0 Å². The standard InChI is InChI=1S/C17H25F3N2OS.C9H7NO2.C2H4.CH5N/c18-17(19,20)12-23-16-21-14-7-10-22(11-8-15(14)24-16)9-6-13-4-2-1-3-5-13;1-6-10-8-3-2-7(5-11)4-9(8)12-6;2*1-2/h13H,1-12H2;2-5H,1H3;1-2H2;2H2,1H3. The maximum absolute atomic E-state index is 12.2. The number of fused-ring (bicyclic) bond motifs is 2. The number of nitrogens with two attached hydrogens (primary N) is 1. The maximum atomic E-state index is 12.2. The number of hydrogen-bond donors (Lipinski definition) is 1. The number of halogens is 3. The van der Waals surface area contributed by atoms with Crippen LogP contribution in [0.4, 0.5) is 13.2 Å². The molecule has 0 radical (unpaired) electrons. The number of aromatic nitrogens is 2. The van der Waals surface area contributed by atoms with Gasteiger partial charge in [-0.25, -0.2) is 9.97 Å². The summed E-state index contributed by atoms with van der Waals surface area (Å²) in [7, 11) is 1.50. The summed E-state index contributed by atoms with van der Waals surface area (Å²) in [6, 6.07) is 5.18. The Morgan fingerprint density at radius 3 is 2.52 bits per heavy atom. The van der Waals surface area contributed by atoms with Gasteiger partial charge in [0, 0.05) is 36.9 Å². The van der Waals surface area contributed by atoms with E-state index in [1.807, 2.05) is 0 Å². The second-order valence-corrected chi connectivity index (χ2v) is 10.5. The zero-order valence-corrected chi connectivity index (χ0v) is 24.3. The predicted molar refractivity (Wildman–Crippen MR) is 154 cm³/mol. The number of ether oxygens (including phenoxy) is 1. The van der Waals surface area contributed by atoms with Crippen LogP contribution in [0.2, 0.25) is 0 Å². The topological polar surface area (TPSA) is 94.5 Å². The van der Waals surface area contributed by atoms with E-state index in [4.69, 9.17) is 9.15 Å². The van der Waals surface area contributed by atoms with Gasteiger partial charge in [-0.3, -0.25) is 4.79 Å². The van der Waals surface area contributed by atoms with E-state index in [9.17, 15) is 18.0 Å². The van der Waals surface area contributed by atoms with Crippen LogP contribution in [0.5, 0.6) is 5.19 Å². The molecule has 0 spiro atoms. The minimum Gasteiger partial charge on any atom is -0.460 e. The normalized spacial score (nSPS) is 15.8. The predicted octanol–water partition coefficient (Wildman–Crippen LogP) is 6.78. The molecule has 5 rings (SSSR count). The van der Waals surface area contributed by atoms with Crippen LogP contribution in [0.3, 0.4) is 0 Å². The molecule has 0 saturated heterocycles. The number of thiazole rings is 1. The van der Waals surface area contributed by atoms with Crippen LogP contribution in [-0.4, -0.2) is 60.6 Å². The minimum absolute atomic E-state index is 0.160. The Morgan fingerprint density at radius 2 is 1.85 bits per heavy atom. The molecule has 1 aromatic carbocycles. The molecular weight excluding hydrogens is 541 g/mol. The van der Waals surface area contributed by atoms with Crippen molar-refractivity contribution in [3.8, 4) is 5.19 Å². The van der Waals surface area contributed by atoms with Crippen LogP contribution >= 0.6 is 11.3 Å². The molecule has 0 atom stereocenters. The van der Waals surface area contributed by atoms with Crippen molar-refractivity contribution < 1.29 is 27.1 Å². The average molecular weight is 583 g/mol. The highest BCUT2D eigenvalue weighted by molar-refractivity contribution is 7.13. The molecule has 0 unspecified atom stereocenters. The highest BCUT2D eigenvalue weighted by Crippen LogP contribution is 2.30. The van der Waals surface area contributed by atoms with Gasteiger partial charge in [0.15, 0.2) is 18.1 Å². The van der Waals surface area contributed by atoms with Gasteiger partial charge in [-0.2, -0.15) is 13.2 Å². The van der Waals surface area contributed by atoms with Crippen molar-refractivity contribution in [2.24, 2.45) is 11.7 Å². The molecule has 11 heteroatoms. The van der Waals surface area contributed by atoms with Gasteiger partial charge in [0.2, 0.25) is 0 Å². The second kappa shape index (κ2) is 17.1. The Morgan fingerprint density at radius 1 is 1.15 bits per heavy atom. The van der Waals surface area contributed by atoms with Gasteiger partial charge in [-0.15, -0.1) is 13.2 Å². The number of alkyl halides is 3. The third-order valence-corrected chi connectivity index (χ3v) is 7.74. The van der Waals surface area contributed by atoms with Gasteiger partial charge in [-0.05, 0) is 50.6 Å². The Kier molecular flexibility index (Phi) is 14.3. The number of aryl methyl sites for hydroxylation is 1. The molecule has 40 heavy (non-hydrogen) atoms. The lowest BCUT2D eigenvalue weighted by atomic mass is 9.87. The van der Waals surface area contributed by atoms with Gasteiger partial charge >= 0.3 is 6.18 Å². The highest BCUT2D eigenvalue weighted by atomic mass is 32.1. The Balaban J connectivity index is 0.000000293. The quantitative estimate of drug-likeness (QED) is 0.253. The molecule has 1 aliphatic heterocycles. The van der Waals surface area contributed by atoms with Gasteiger partial charge in [0.25, 0.3) is 5.19 Å². The fraction of sp³-hybridized carbons (Fsp3) is 0.552. The fourth-order valence-corrected chi connectivity index (χ4v) is 5.73. The summed E-state index contributed by atoms with van der Waals surface area (Å²) in [4.78, 5) is 22.3. The van der Waals surface area contributed by atoms with Crippen molar-refractivity contribution in [3.63, 3.8) is 0 Å². The summed E-state index contributed by atoms with van der Waals surface area (Å²) >= 11 is 1.28. The number of aldehydes is 1. The zero-order valence-electron chi connectivity index (χ0n) is 23.5. The number of nitrogens with zero attached hydrogens (tertiary/aromatic N) is 3. The third-order valence-electron chi connectivity index (χ3n) is 6.67. The van der Waals surface area contributed by atoms with E-state index < -0.39 is 12.8 Å². The van der Waals surface area contributed by atoms with E-state index in [2.05, 4.69) is 33.8 Å². The molecule has 7 nitrogen and oxygen atoms in total. The van der Waals surface area contributed by atoms with E-state index in [1.165, 1.54) is 56.9 Å². The first kappa shape index (κ1) is 33.4. The third kappa shape index (κ3) is 11.0. The summed E-state index contributed by atoms with van der Waals surface area (Å²) in [5.74, 6) is 1.50. The van der Waals surface area contributed by atoms with Gasteiger partial charge < -0.3 is 19.8 Å². The van der Waals surface area contributed by atoms with Crippen LogP contribution in [0, 0.1) is 12.8 Å². The van der Waals surface area contributed by atoms with Crippen molar-refractivity contribution in [2.45, 2.75) is 64.5 Å². The Bertz CT molecular complexity index is 1130. The van der Waals surface area contributed by atoms with Crippen molar-refractivity contribution in [1.29, 1.82) is 0 Å². The van der Waals surface area contributed by atoms with Crippen molar-refractivity contribution in [3.05, 3.63) is 53.4 Å². The summed E-state index contributed by atoms with van der Waals surface area (Å²) in [6.07, 6.45) is 6.35. The first-order valence-electron chi connectivity index (χ1n) is 13.6. The summed E-state index contributed by atoms with van der Waals surface area (Å²) < 4.78 is 46.7. The second-order valence-electron chi connectivity index (χ2n) is 9.47. The Hall–Kier alpha value is -2.76. The first-order chi connectivity index (χ1) is 19.3. The van der Waals surface area contributed by atoms with Crippen molar-refractivity contribution in [1.82, 2.24) is 14.9 Å². The average Bonchev–Trinajstić information content (AvgIpc) is 3.49. The molecule has 2 N–H and O–H groups in total. The molecule has 3 heterocycles. The van der Waals surface area contributed by atoms with Crippen molar-refractivity contribution >= 4 is 28.7 Å². The number of rotatable bonds is 6. The summed E-state index contributed by atoms with van der Waals surface area (Å²) in [5, 5.41) is 0.160. The smallest absolute Gasteiger partial charge is 0.422 e. The summed E-state index contributed by atoms with van der Waals surface area (Å²) in [6.45, 7) is 9.58. The molecule has 0 amide bonds. The lowest BCUT2D eigenvalue weighted by molar-refractivity contribution is -0.153. The van der Waals surface area contributed by atoms with E-state index in [-0.39, 0.29) is 5.19 Å². The first-order valence-corrected chi connectivity index (χ1v) is 14.4. The fourth-order valence-electron chi connectivity index (χ4n) is 4.79. The molecule has 2 aliphatic rings. The molecule has 1 saturated carbocycles. The largest absolute Gasteiger partial charge is 0.460 e. The van der Waals surface area contributed by atoms with Crippen LogP contribution in [-0.2, 0) is 12.8 Å². The minimum atomic E-state index is -4.31. The van der Waals surface area contributed by atoms with E-state index in [0.717, 1.165) is 60.8 Å². The van der Waals surface area contributed by atoms with Crippen LogP contribution in [0.25, 0.3) is 11.1 Å². The lowest BCUT2D eigenvalue weighted by Crippen LogP contribution is -2.29. The molecule has 0 bridgehead atoms. The van der Waals surface area contributed by atoms with Crippen molar-refractivity contribution in [2.75, 3.05) is 33.3 Å². The summed E-state index contributed by atoms with van der Waals surface area (Å²) in [5.41, 5.74) is 7.49. The van der Waals surface area contributed by atoms with E-state index in [1.54, 1.807) is 25.1 Å². The van der Waals surface area contributed by atoms with Crippen LogP contribution < -0.4 is 10.5 Å². The molecule has 222 valence electrons. The maximum Gasteiger partial charge on any atom is 0.422 e. The Labute approximate surface area is 238 Å². The molecule has 2 aromatic heterocycles. The van der Waals surface area contributed by atoms with Gasteiger partial charge in [0.1, 0.15) is 11.8 Å².